The van der Waals surface area contributed by atoms with E-state index in [2.05, 4.69) is 15.8 Å². The first-order valence-corrected chi connectivity index (χ1v) is 11.3. The smallest absolute Gasteiger partial charge is 0.279 e. The van der Waals surface area contributed by atoms with Crippen LogP contribution in [0.25, 0.3) is 10.9 Å². The number of benzene rings is 2. The summed E-state index contributed by atoms with van der Waals surface area (Å²) in [5, 5.41) is 2.74. The summed E-state index contributed by atoms with van der Waals surface area (Å²) in [5.41, 5.74) is 6.15. The number of thioether (sulfide) groups is 1. The van der Waals surface area contributed by atoms with E-state index < -0.39 is 5.91 Å². The molecule has 156 valence electrons. The number of nitrogens with one attached hydrogen (secondary N) is 2. The summed E-state index contributed by atoms with van der Waals surface area (Å²) >= 11 is 2.43. The first kappa shape index (κ1) is 20.8. The van der Waals surface area contributed by atoms with Gasteiger partial charge in [-0.2, -0.15) is 0 Å². The third kappa shape index (κ3) is 5.01. The molecule has 2 amide bonds. The maximum Gasteiger partial charge on any atom is 0.279 e. The van der Waals surface area contributed by atoms with Crippen molar-refractivity contribution in [2.75, 3.05) is 5.75 Å². The summed E-state index contributed by atoms with van der Waals surface area (Å²) in [6, 6.07) is 20.2. The van der Waals surface area contributed by atoms with Gasteiger partial charge in [-0.05, 0) is 29.1 Å². The molecule has 2 N–H and O–H groups in total. The molecule has 2 aromatic heterocycles. The summed E-state index contributed by atoms with van der Waals surface area (Å²) in [5.74, 6) is -0.786. The molecule has 0 aliphatic heterocycles. The molecule has 0 atom stereocenters. The Hall–Kier alpha value is -3.43. The van der Waals surface area contributed by atoms with Crippen LogP contribution in [0.3, 0.4) is 0 Å². The number of carbonyl (C=O) groups is 2. The van der Waals surface area contributed by atoms with E-state index >= 15 is 0 Å². The number of fused-ring (bicyclic) bond motifs is 1. The van der Waals surface area contributed by atoms with Gasteiger partial charge in [-0.25, -0.2) is 4.98 Å². The molecule has 0 radical (unpaired) electrons. The highest BCUT2D eigenvalue weighted by atomic mass is 32.2. The van der Waals surface area contributed by atoms with Gasteiger partial charge in [-0.3, -0.25) is 29.8 Å². The van der Waals surface area contributed by atoms with E-state index in [1.807, 2.05) is 36.4 Å². The van der Waals surface area contributed by atoms with E-state index in [4.69, 9.17) is 0 Å². The van der Waals surface area contributed by atoms with Crippen molar-refractivity contribution in [3.8, 4) is 0 Å². The average molecular weight is 451 g/mol. The van der Waals surface area contributed by atoms with Crippen molar-refractivity contribution in [3.05, 3.63) is 92.9 Å². The van der Waals surface area contributed by atoms with Crippen molar-refractivity contribution in [3.63, 3.8) is 0 Å². The quantitative estimate of drug-likeness (QED) is 0.268. The zero-order valence-electron chi connectivity index (χ0n) is 16.3. The number of nitrogens with zero attached hydrogens (tertiary/aromatic N) is 2. The second-order valence-corrected chi connectivity index (χ2v) is 8.45. The second-order valence-electron chi connectivity index (χ2n) is 6.56. The molecule has 2 heterocycles. The van der Waals surface area contributed by atoms with Crippen LogP contribution in [-0.4, -0.2) is 27.1 Å². The van der Waals surface area contributed by atoms with Crippen LogP contribution in [0.2, 0.25) is 0 Å². The summed E-state index contributed by atoms with van der Waals surface area (Å²) in [4.78, 5) is 42.4. The molecule has 0 bridgehead atoms. The molecular formula is C22H18N4O3S2. The minimum absolute atomic E-state index is 0.00963. The Morgan fingerprint density at radius 1 is 0.968 bits per heavy atom. The van der Waals surface area contributed by atoms with Crippen LogP contribution in [-0.2, 0) is 11.3 Å². The topological polar surface area (TPSA) is 93.1 Å². The lowest BCUT2D eigenvalue weighted by Gasteiger charge is -2.13. The summed E-state index contributed by atoms with van der Waals surface area (Å²) < 4.78 is 1.57. The van der Waals surface area contributed by atoms with E-state index in [1.165, 1.54) is 11.3 Å². The molecule has 31 heavy (non-hydrogen) atoms. The van der Waals surface area contributed by atoms with Gasteiger partial charge in [-0.1, -0.05) is 60.3 Å². The van der Waals surface area contributed by atoms with Gasteiger partial charge in [0.2, 0.25) is 5.91 Å². The van der Waals surface area contributed by atoms with E-state index in [9.17, 15) is 14.4 Å². The molecule has 0 saturated carbocycles. The Morgan fingerprint density at radius 2 is 1.74 bits per heavy atom. The number of thiophene rings is 1. The van der Waals surface area contributed by atoms with Crippen LogP contribution < -0.4 is 16.4 Å². The molecule has 0 unspecified atom stereocenters. The standard InChI is InChI=1S/C22H18N4O3S2/c27-19(24-25-20(28)18-11-6-12-30-18)14-31-22-23-17-10-5-4-9-16(17)21(29)26(22)13-15-7-2-1-3-8-15/h1-12H,13-14H2,(H,24,27)(H,25,28). The number of carbonyl (C=O) groups excluding carboxylic acids is 2. The first-order chi connectivity index (χ1) is 15.1. The van der Waals surface area contributed by atoms with Gasteiger partial charge in [0.25, 0.3) is 11.5 Å². The largest absolute Gasteiger partial charge is 0.283 e. The Morgan fingerprint density at radius 3 is 2.52 bits per heavy atom. The normalized spacial score (nSPS) is 10.7. The molecule has 7 nitrogen and oxygen atoms in total. The molecule has 4 aromatic rings. The lowest BCUT2D eigenvalue weighted by Crippen LogP contribution is -2.42. The first-order valence-electron chi connectivity index (χ1n) is 9.41. The van der Waals surface area contributed by atoms with Gasteiger partial charge in [0.05, 0.1) is 28.1 Å². The van der Waals surface area contributed by atoms with Crippen molar-refractivity contribution in [2.24, 2.45) is 0 Å². The van der Waals surface area contributed by atoms with Crippen LogP contribution in [0.1, 0.15) is 15.2 Å². The number of para-hydroxylation sites is 1. The molecule has 0 aliphatic carbocycles. The third-order valence-electron chi connectivity index (χ3n) is 4.40. The number of amides is 2. The lowest BCUT2D eigenvalue weighted by molar-refractivity contribution is -0.119. The number of hydrogen-bond acceptors (Lipinski definition) is 6. The van der Waals surface area contributed by atoms with Crippen LogP contribution in [0.5, 0.6) is 0 Å². The van der Waals surface area contributed by atoms with Gasteiger partial charge < -0.3 is 0 Å². The summed E-state index contributed by atoms with van der Waals surface area (Å²) in [6.07, 6.45) is 0. The Labute approximate surface area is 186 Å². The fraction of sp³-hybridized carbons (Fsp3) is 0.0909. The van der Waals surface area contributed by atoms with Crippen molar-refractivity contribution >= 4 is 45.8 Å². The van der Waals surface area contributed by atoms with Crippen LogP contribution in [0, 0.1) is 0 Å². The van der Waals surface area contributed by atoms with Crippen LogP contribution in [0.4, 0.5) is 0 Å². The highest BCUT2D eigenvalue weighted by Gasteiger charge is 2.14. The van der Waals surface area contributed by atoms with Crippen molar-refractivity contribution in [2.45, 2.75) is 11.7 Å². The predicted molar refractivity (Wildman–Crippen MR) is 122 cm³/mol. The Balaban J connectivity index is 1.51. The Bertz CT molecular complexity index is 1270. The summed E-state index contributed by atoms with van der Waals surface area (Å²) in [6.45, 7) is 0.344. The average Bonchev–Trinajstić information content (AvgIpc) is 3.34. The van der Waals surface area contributed by atoms with Crippen molar-refractivity contribution in [1.29, 1.82) is 0 Å². The van der Waals surface area contributed by atoms with Gasteiger partial charge in [-0.15, -0.1) is 11.3 Å². The lowest BCUT2D eigenvalue weighted by atomic mass is 10.2. The minimum Gasteiger partial charge on any atom is -0.283 e. The second kappa shape index (κ2) is 9.59. The number of rotatable bonds is 6. The Kier molecular flexibility index (Phi) is 6.44. The number of hydrogen-bond donors (Lipinski definition) is 2. The van der Waals surface area contributed by atoms with Crippen LogP contribution >= 0.6 is 23.1 Å². The number of aromatic nitrogens is 2. The molecule has 2 aromatic carbocycles. The molecular weight excluding hydrogens is 432 g/mol. The van der Waals surface area contributed by atoms with E-state index in [1.54, 1.807) is 40.3 Å². The molecule has 0 aliphatic rings. The van der Waals surface area contributed by atoms with Crippen LogP contribution in [0.15, 0.2) is 82.1 Å². The molecule has 4 rings (SSSR count). The monoisotopic (exact) mass is 450 g/mol. The molecule has 0 spiro atoms. The van der Waals surface area contributed by atoms with Gasteiger partial charge in [0.1, 0.15) is 0 Å². The zero-order chi connectivity index (χ0) is 21.6. The number of hydrazine groups is 1. The highest BCUT2D eigenvalue weighted by molar-refractivity contribution is 7.99. The van der Waals surface area contributed by atoms with Gasteiger partial charge >= 0.3 is 0 Å². The maximum atomic E-state index is 13.1. The fourth-order valence-corrected chi connectivity index (χ4v) is 4.34. The van der Waals surface area contributed by atoms with E-state index in [-0.39, 0.29) is 17.2 Å². The molecule has 0 saturated heterocycles. The van der Waals surface area contributed by atoms with Crippen molar-refractivity contribution < 1.29 is 9.59 Å². The van der Waals surface area contributed by atoms with Gasteiger partial charge in [0.15, 0.2) is 5.16 Å². The van der Waals surface area contributed by atoms with Crippen molar-refractivity contribution in [1.82, 2.24) is 20.4 Å². The fourth-order valence-electron chi connectivity index (χ4n) is 2.93. The van der Waals surface area contributed by atoms with E-state index in [0.29, 0.717) is 27.5 Å². The maximum absolute atomic E-state index is 13.1. The highest BCUT2D eigenvalue weighted by Crippen LogP contribution is 2.19. The SMILES string of the molecule is O=C(CSc1nc2ccccc2c(=O)n1Cc1ccccc1)NNC(=O)c1cccs1. The molecule has 0 fully saturated rings. The molecule has 9 heteroatoms. The van der Waals surface area contributed by atoms with Gasteiger partial charge in [0, 0.05) is 0 Å². The minimum atomic E-state index is -0.399. The zero-order valence-corrected chi connectivity index (χ0v) is 17.9. The van der Waals surface area contributed by atoms with E-state index in [0.717, 1.165) is 17.3 Å². The summed E-state index contributed by atoms with van der Waals surface area (Å²) in [7, 11) is 0. The predicted octanol–water partition coefficient (Wildman–Crippen LogP) is 3.06. The third-order valence-corrected chi connectivity index (χ3v) is 6.25.